The van der Waals surface area contributed by atoms with Crippen LogP contribution in [0.5, 0.6) is 0 Å². The Morgan fingerprint density at radius 2 is 0.946 bits per heavy atom. The number of rotatable bonds is 5. The van der Waals surface area contributed by atoms with Crippen molar-refractivity contribution in [2.45, 2.75) is 38.5 Å². The minimum atomic E-state index is -0.350. The zero-order valence-electron chi connectivity index (χ0n) is 31.8. The zero-order chi connectivity index (χ0) is 37.8. The standard InChI is InChI=1S/C52H39N3S/c1-51(2)38-29-17-14-26-35(38)41-43(48-46(32-20-8-5-9-21-32)54-50-47(53-48)37-28-16-19-31-40(37)56-50)42-36-27-15-18-30-39(36)52(3,4)45(42)49(44(41)51)55(33-22-10-6-11-23-33)34-24-12-7-13-25-34/h5-31H,1-4H3. The molecule has 268 valence electrons. The highest BCUT2D eigenvalue weighted by atomic mass is 32.1. The number of fused-ring (bicyclic) bond motifs is 9. The van der Waals surface area contributed by atoms with Crippen molar-refractivity contribution in [2.24, 2.45) is 0 Å². The van der Waals surface area contributed by atoms with Crippen LogP contribution in [-0.4, -0.2) is 9.97 Å². The number of hydrogen-bond donors (Lipinski definition) is 0. The van der Waals surface area contributed by atoms with E-state index in [0.717, 1.165) is 44.1 Å². The van der Waals surface area contributed by atoms with Crippen molar-refractivity contribution in [1.29, 1.82) is 0 Å². The maximum atomic E-state index is 5.83. The Morgan fingerprint density at radius 1 is 0.464 bits per heavy atom. The van der Waals surface area contributed by atoms with Gasteiger partial charge in [-0.3, -0.25) is 0 Å². The molecule has 3 nitrogen and oxygen atoms in total. The van der Waals surface area contributed by atoms with Crippen LogP contribution in [0.1, 0.15) is 49.9 Å². The third-order valence-electron chi connectivity index (χ3n) is 12.2. The summed E-state index contributed by atoms with van der Waals surface area (Å²) in [7, 11) is 0. The lowest BCUT2D eigenvalue weighted by molar-refractivity contribution is 0.640. The first-order valence-electron chi connectivity index (χ1n) is 19.4. The maximum Gasteiger partial charge on any atom is 0.143 e. The lowest BCUT2D eigenvalue weighted by Crippen LogP contribution is -2.26. The van der Waals surface area contributed by atoms with Gasteiger partial charge in [0.2, 0.25) is 0 Å². The molecule has 4 heteroatoms. The normalized spacial score (nSPS) is 14.4. The van der Waals surface area contributed by atoms with Crippen molar-refractivity contribution in [1.82, 2.24) is 9.97 Å². The lowest BCUT2D eigenvalue weighted by Gasteiger charge is -2.38. The molecule has 2 heterocycles. The molecular weight excluding hydrogens is 699 g/mol. The highest BCUT2D eigenvalue weighted by Gasteiger charge is 2.49. The van der Waals surface area contributed by atoms with Gasteiger partial charge < -0.3 is 4.90 Å². The van der Waals surface area contributed by atoms with Gasteiger partial charge >= 0.3 is 0 Å². The Kier molecular flexibility index (Phi) is 7.12. The second-order valence-electron chi connectivity index (χ2n) is 16.1. The van der Waals surface area contributed by atoms with Crippen molar-refractivity contribution >= 4 is 48.8 Å². The first-order chi connectivity index (χ1) is 27.3. The Hall–Kier alpha value is -6.36. The van der Waals surface area contributed by atoms with Crippen molar-refractivity contribution in [3.63, 3.8) is 0 Å². The number of thiophene rings is 1. The molecule has 0 fully saturated rings. The van der Waals surface area contributed by atoms with Gasteiger partial charge in [-0.1, -0.05) is 161 Å². The molecule has 0 unspecified atom stereocenters. The number of aromatic nitrogens is 2. The van der Waals surface area contributed by atoms with E-state index < -0.39 is 0 Å². The predicted molar refractivity (Wildman–Crippen MR) is 236 cm³/mol. The van der Waals surface area contributed by atoms with E-state index in [0.29, 0.717) is 0 Å². The average Bonchev–Trinajstić information content (AvgIpc) is 3.81. The molecule has 2 aliphatic carbocycles. The summed E-state index contributed by atoms with van der Waals surface area (Å²) in [5, 5.41) is 1.14. The van der Waals surface area contributed by atoms with Crippen molar-refractivity contribution < 1.29 is 0 Å². The fourth-order valence-electron chi connectivity index (χ4n) is 9.77. The number of hydrogen-bond acceptors (Lipinski definition) is 4. The van der Waals surface area contributed by atoms with Gasteiger partial charge in [-0.2, -0.15) is 0 Å². The Bertz CT molecular complexity index is 2890. The molecule has 0 bridgehead atoms. The van der Waals surface area contributed by atoms with Crippen LogP contribution in [-0.2, 0) is 10.8 Å². The van der Waals surface area contributed by atoms with E-state index in [2.05, 4.69) is 196 Å². The number of para-hydroxylation sites is 2. The molecule has 0 atom stereocenters. The predicted octanol–water partition coefficient (Wildman–Crippen LogP) is 14.3. The van der Waals surface area contributed by atoms with Crippen LogP contribution in [0, 0.1) is 0 Å². The molecule has 2 aromatic heterocycles. The fourth-order valence-corrected chi connectivity index (χ4v) is 10.8. The molecule has 0 saturated heterocycles. The Morgan fingerprint density at radius 3 is 1.52 bits per heavy atom. The first kappa shape index (κ1) is 33.0. The van der Waals surface area contributed by atoms with Crippen molar-refractivity contribution in [2.75, 3.05) is 4.90 Å². The van der Waals surface area contributed by atoms with Crippen LogP contribution < -0.4 is 4.90 Å². The van der Waals surface area contributed by atoms with Crippen LogP contribution in [0.25, 0.3) is 65.2 Å². The topological polar surface area (TPSA) is 29.0 Å². The van der Waals surface area contributed by atoms with Gasteiger partial charge in [-0.05, 0) is 74.8 Å². The van der Waals surface area contributed by atoms with Crippen LogP contribution in [0.4, 0.5) is 17.1 Å². The third-order valence-corrected chi connectivity index (χ3v) is 13.3. The number of benzene rings is 7. The molecule has 9 aromatic rings. The summed E-state index contributed by atoms with van der Waals surface area (Å²) in [6.45, 7) is 9.67. The molecule has 0 radical (unpaired) electrons. The molecule has 0 aliphatic heterocycles. The minimum Gasteiger partial charge on any atom is -0.310 e. The van der Waals surface area contributed by atoms with Crippen LogP contribution >= 0.6 is 11.3 Å². The molecule has 0 N–H and O–H groups in total. The summed E-state index contributed by atoms with van der Waals surface area (Å²) < 4.78 is 1.20. The molecule has 7 aromatic carbocycles. The molecule has 2 aliphatic rings. The van der Waals surface area contributed by atoms with E-state index >= 15 is 0 Å². The van der Waals surface area contributed by atoms with Crippen LogP contribution in [0.3, 0.4) is 0 Å². The smallest absolute Gasteiger partial charge is 0.143 e. The minimum absolute atomic E-state index is 0.350. The van der Waals surface area contributed by atoms with E-state index in [1.165, 1.54) is 60.5 Å². The van der Waals surface area contributed by atoms with Gasteiger partial charge in [0.05, 0.1) is 17.1 Å². The van der Waals surface area contributed by atoms with E-state index in [-0.39, 0.29) is 10.8 Å². The highest BCUT2D eigenvalue weighted by Crippen LogP contribution is 2.66. The summed E-state index contributed by atoms with van der Waals surface area (Å²) >= 11 is 1.72. The first-order valence-corrected chi connectivity index (χ1v) is 20.3. The van der Waals surface area contributed by atoms with Gasteiger partial charge in [0.15, 0.2) is 0 Å². The average molecular weight is 738 g/mol. The third kappa shape index (κ3) is 4.57. The molecule has 11 rings (SSSR count). The Labute approximate surface area is 331 Å². The monoisotopic (exact) mass is 737 g/mol. The van der Waals surface area contributed by atoms with Crippen LogP contribution in [0.2, 0.25) is 0 Å². The van der Waals surface area contributed by atoms with Gasteiger partial charge in [0.25, 0.3) is 0 Å². The fraction of sp³-hybridized carbons (Fsp3) is 0.115. The summed E-state index contributed by atoms with van der Waals surface area (Å²) in [4.78, 5) is 14.9. The van der Waals surface area contributed by atoms with Gasteiger partial charge in [-0.25, -0.2) is 9.97 Å². The van der Waals surface area contributed by atoms with Crippen LogP contribution in [0.15, 0.2) is 164 Å². The SMILES string of the molecule is CC1(C)c2ccccc2-c2c(-c3nc4c(nc3-c3ccccc3)sc3ccccc34)c3c(c(N(c4ccccc4)c4ccccc4)c21)C(C)(C)c1ccccc1-3. The molecular formula is C52H39N3S. The van der Waals surface area contributed by atoms with Gasteiger partial charge in [-0.15, -0.1) is 11.3 Å². The van der Waals surface area contributed by atoms with E-state index in [1.54, 1.807) is 11.3 Å². The highest BCUT2D eigenvalue weighted by molar-refractivity contribution is 7.25. The molecule has 56 heavy (non-hydrogen) atoms. The zero-order valence-corrected chi connectivity index (χ0v) is 32.7. The second-order valence-corrected chi connectivity index (χ2v) is 17.1. The summed E-state index contributed by atoms with van der Waals surface area (Å²) in [5.41, 5.74) is 18.1. The molecule has 0 amide bonds. The largest absolute Gasteiger partial charge is 0.310 e. The van der Waals surface area contributed by atoms with Gasteiger partial charge in [0.1, 0.15) is 10.3 Å². The van der Waals surface area contributed by atoms with E-state index in [4.69, 9.17) is 9.97 Å². The lowest BCUT2D eigenvalue weighted by atomic mass is 9.74. The number of nitrogens with zero attached hydrogens (tertiary/aromatic N) is 3. The van der Waals surface area contributed by atoms with E-state index in [1.807, 2.05) is 0 Å². The van der Waals surface area contributed by atoms with E-state index in [9.17, 15) is 0 Å². The molecule has 0 saturated carbocycles. The quantitative estimate of drug-likeness (QED) is 0.176. The molecule has 0 spiro atoms. The van der Waals surface area contributed by atoms with Crippen molar-refractivity contribution in [3.05, 3.63) is 186 Å². The van der Waals surface area contributed by atoms with Crippen molar-refractivity contribution in [3.8, 4) is 44.8 Å². The van der Waals surface area contributed by atoms with Gasteiger partial charge in [0, 0.05) is 43.4 Å². The Balaban J connectivity index is 1.40. The maximum absolute atomic E-state index is 5.83. The summed E-state index contributed by atoms with van der Waals surface area (Å²) in [5.74, 6) is 0. The second kappa shape index (κ2) is 12.1. The number of anilines is 3. The summed E-state index contributed by atoms with van der Waals surface area (Å²) in [6, 6.07) is 59.2. The summed E-state index contributed by atoms with van der Waals surface area (Å²) in [6.07, 6.45) is 0.